The third kappa shape index (κ3) is 2.39. The van der Waals surface area contributed by atoms with Gasteiger partial charge in [0, 0.05) is 12.1 Å². The predicted octanol–water partition coefficient (Wildman–Crippen LogP) is 1.96. The van der Waals surface area contributed by atoms with Crippen LogP contribution in [0.25, 0.3) is 0 Å². The van der Waals surface area contributed by atoms with Crippen molar-refractivity contribution >= 4 is 0 Å². The summed E-state index contributed by atoms with van der Waals surface area (Å²) in [5.41, 5.74) is 8.53. The van der Waals surface area contributed by atoms with Crippen LogP contribution < -0.4 is 11.1 Å². The third-order valence-electron chi connectivity index (χ3n) is 3.16. The van der Waals surface area contributed by atoms with Gasteiger partial charge in [0.25, 0.3) is 0 Å². The van der Waals surface area contributed by atoms with Gasteiger partial charge >= 0.3 is 0 Å². The molecule has 0 bridgehead atoms. The van der Waals surface area contributed by atoms with Crippen molar-refractivity contribution in [2.24, 2.45) is 5.73 Å². The van der Waals surface area contributed by atoms with Crippen molar-refractivity contribution in [3.8, 4) is 0 Å². The van der Waals surface area contributed by atoms with Gasteiger partial charge in [-0.15, -0.1) is 0 Å². The highest BCUT2D eigenvalue weighted by Gasteiger charge is 2.19. The van der Waals surface area contributed by atoms with E-state index < -0.39 is 0 Å². The SMILES string of the molecule is CC(C)(N)c1cccc(C2CCNC2)c1. The number of hydrogen-bond donors (Lipinski definition) is 2. The molecule has 0 aliphatic carbocycles. The van der Waals surface area contributed by atoms with E-state index in [4.69, 9.17) is 5.73 Å². The Morgan fingerprint density at radius 3 is 2.80 bits per heavy atom. The summed E-state index contributed by atoms with van der Waals surface area (Å²) in [7, 11) is 0. The zero-order valence-corrected chi connectivity index (χ0v) is 9.59. The zero-order valence-electron chi connectivity index (χ0n) is 9.59. The van der Waals surface area contributed by atoms with Gasteiger partial charge in [-0.3, -0.25) is 0 Å². The summed E-state index contributed by atoms with van der Waals surface area (Å²) in [6, 6.07) is 8.72. The van der Waals surface area contributed by atoms with E-state index in [2.05, 4.69) is 43.4 Å². The van der Waals surface area contributed by atoms with Gasteiger partial charge in [-0.2, -0.15) is 0 Å². The molecule has 2 rings (SSSR count). The highest BCUT2D eigenvalue weighted by atomic mass is 14.9. The average molecular weight is 204 g/mol. The molecule has 1 aliphatic rings. The largest absolute Gasteiger partial charge is 0.322 e. The van der Waals surface area contributed by atoms with E-state index in [1.165, 1.54) is 17.5 Å². The van der Waals surface area contributed by atoms with Gasteiger partial charge in [0.15, 0.2) is 0 Å². The molecule has 2 nitrogen and oxygen atoms in total. The minimum Gasteiger partial charge on any atom is -0.322 e. The summed E-state index contributed by atoms with van der Waals surface area (Å²) in [5.74, 6) is 0.673. The molecule has 82 valence electrons. The van der Waals surface area contributed by atoms with E-state index >= 15 is 0 Å². The summed E-state index contributed by atoms with van der Waals surface area (Å²) in [6.07, 6.45) is 1.24. The Labute approximate surface area is 91.9 Å². The van der Waals surface area contributed by atoms with E-state index in [0.29, 0.717) is 5.92 Å². The summed E-state index contributed by atoms with van der Waals surface area (Å²) in [4.78, 5) is 0. The first kappa shape index (κ1) is 10.7. The number of hydrogen-bond acceptors (Lipinski definition) is 2. The molecule has 1 aromatic carbocycles. The first-order chi connectivity index (χ1) is 7.07. The first-order valence-electron chi connectivity index (χ1n) is 5.67. The number of nitrogens with one attached hydrogen (secondary N) is 1. The molecule has 2 heteroatoms. The molecule has 1 atom stereocenters. The minimum atomic E-state index is -0.234. The maximum atomic E-state index is 6.11. The van der Waals surface area contributed by atoms with Crippen LogP contribution in [0, 0.1) is 0 Å². The molecular weight excluding hydrogens is 184 g/mol. The second-order valence-corrected chi connectivity index (χ2v) is 5.04. The highest BCUT2D eigenvalue weighted by Crippen LogP contribution is 2.26. The molecular formula is C13H20N2. The summed E-state index contributed by atoms with van der Waals surface area (Å²) in [6.45, 7) is 6.35. The molecule has 0 amide bonds. The van der Waals surface area contributed by atoms with Crippen molar-refractivity contribution < 1.29 is 0 Å². The Morgan fingerprint density at radius 2 is 2.20 bits per heavy atom. The zero-order chi connectivity index (χ0) is 10.9. The molecule has 1 fully saturated rings. The standard InChI is InChI=1S/C13H20N2/c1-13(2,14)12-5-3-4-10(8-12)11-6-7-15-9-11/h3-5,8,11,15H,6-7,9,14H2,1-2H3. The molecule has 1 unspecified atom stereocenters. The van der Waals surface area contributed by atoms with Crippen LogP contribution in [0.4, 0.5) is 0 Å². The van der Waals surface area contributed by atoms with Crippen LogP contribution >= 0.6 is 0 Å². The molecule has 15 heavy (non-hydrogen) atoms. The van der Waals surface area contributed by atoms with Gasteiger partial charge in [-0.1, -0.05) is 24.3 Å². The van der Waals surface area contributed by atoms with Crippen molar-refractivity contribution in [3.05, 3.63) is 35.4 Å². The van der Waals surface area contributed by atoms with Crippen LogP contribution in [-0.4, -0.2) is 13.1 Å². The van der Waals surface area contributed by atoms with Crippen molar-refractivity contribution in [3.63, 3.8) is 0 Å². The van der Waals surface area contributed by atoms with Crippen LogP contribution in [0.2, 0.25) is 0 Å². The van der Waals surface area contributed by atoms with E-state index in [9.17, 15) is 0 Å². The molecule has 0 spiro atoms. The molecule has 0 radical (unpaired) electrons. The second kappa shape index (κ2) is 3.95. The van der Waals surface area contributed by atoms with Gasteiger partial charge < -0.3 is 11.1 Å². The molecule has 0 saturated carbocycles. The lowest BCUT2D eigenvalue weighted by molar-refractivity contribution is 0.552. The lowest BCUT2D eigenvalue weighted by atomic mass is 9.90. The van der Waals surface area contributed by atoms with E-state index in [0.717, 1.165) is 13.1 Å². The van der Waals surface area contributed by atoms with Crippen molar-refractivity contribution in [2.75, 3.05) is 13.1 Å². The van der Waals surface area contributed by atoms with Crippen molar-refractivity contribution in [1.29, 1.82) is 0 Å². The third-order valence-corrected chi connectivity index (χ3v) is 3.16. The number of nitrogens with two attached hydrogens (primary N) is 1. The maximum Gasteiger partial charge on any atom is 0.0352 e. The molecule has 1 heterocycles. The van der Waals surface area contributed by atoms with E-state index in [1.807, 2.05) is 0 Å². The van der Waals surface area contributed by atoms with Crippen LogP contribution in [0.3, 0.4) is 0 Å². The fraction of sp³-hybridized carbons (Fsp3) is 0.538. The van der Waals surface area contributed by atoms with Crippen molar-refractivity contribution in [2.45, 2.75) is 31.7 Å². The maximum absolute atomic E-state index is 6.11. The summed E-state index contributed by atoms with van der Waals surface area (Å²) >= 11 is 0. The Balaban J connectivity index is 2.26. The number of benzene rings is 1. The highest BCUT2D eigenvalue weighted by molar-refractivity contribution is 5.31. The smallest absolute Gasteiger partial charge is 0.0352 e. The Morgan fingerprint density at radius 1 is 1.40 bits per heavy atom. The lowest BCUT2D eigenvalue weighted by Gasteiger charge is -2.21. The number of rotatable bonds is 2. The van der Waals surface area contributed by atoms with E-state index in [1.54, 1.807) is 0 Å². The fourth-order valence-electron chi connectivity index (χ4n) is 2.13. The van der Waals surface area contributed by atoms with Gasteiger partial charge in [0.1, 0.15) is 0 Å². The minimum absolute atomic E-state index is 0.234. The van der Waals surface area contributed by atoms with Gasteiger partial charge in [-0.25, -0.2) is 0 Å². The quantitative estimate of drug-likeness (QED) is 0.773. The van der Waals surface area contributed by atoms with Crippen LogP contribution in [-0.2, 0) is 5.54 Å². The fourth-order valence-corrected chi connectivity index (χ4v) is 2.13. The molecule has 1 aliphatic heterocycles. The van der Waals surface area contributed by atoms with Gasteiger partial charge in [0.2, 0.25) is 0 Å². The lowest BCUT2D eigenvalue weighted by Crippen LogP contribution is -2.28. The normalized spacial score (nSPS) is 21.9. The summed E-state index contributed by atoms with van der Waals surface area (Å²) in [5, 5.41) is 3.40. The Hall–Kier alpha value is -0.860. The monoisotopic (exact) mass is 204 g/mol. The average Bonchev–Trinajstić information content (AvgIpc) is 2.69. The molecule has 1 aromatic rings. The summed E-state index contributed by atoms with van der Waals surface area (Å²) < 4.78 is 0. The van der Waals surface area contributed by atoms with Gasteiger partial charge in [0.05, 0.1) is 0 Å². The molecule has 1 saturated heterocycles. The Bertz CT molecular complexity index is 333. The first-order valence-corrected chi connectivity index (χ1v) is 5.67. The van der Waals surface area contributed by atoms with Crippen LogP contribution in [0.5, 0.6) is 0 Å². The van der Waals surface area contributed by atoms with Gasteiger partial charge in [-0.05, 0) is 43.9 Å². The second-order valence-electron chi connectivity index (χ2n) is 5.04. The topological polar surface area (TPSA) is 38.0 Å². The molecule has 0 aromatic heterocycles. The Kier molecular flexibility index (Phi) is 2.81. The van der Waals surface area contributed by atoms with Crippen LogP contribution in [0.15, 0.2) is 24.3 Å². The van der Waals surface area contributed by atoms with E-state index in [-0.39, 0.29) is 5.54 Å². The molecule has 3 N–H and O–H groups in total. The predicted molar refractivity (Wildman–Crippen MR) is 63.9 cm³/mol. The van der Waals surface area contributed by atoms with Crippen LogP contribution in [0.1, 0.15) is 37.3 Å². The van der Waals surface area contributed by atoms with Crippen molar-refractivity contribution in [1.82, 2.24) is 5.32 Å².